The molecule has 0 aliphatic heterocycles. The van der Waals surface area contributed by atoms with Gasteiger partial charge in [0.1, 0.15) is 11.8 Å². The number of aromatic nitrogens is 1. The number of nitriles is 1. The van der Waals surface area contributed by atoms with Gasteiger partial charge < -0.3 is 10.5 Å². The second-order valence-corrected chi connectivity index (χ2v) is 4.02. The van der Waals surface area contributed by atoms with Gasteiger partial charge in [0, 0.05) is 10.7 Å². The molecule has 0 aliphatic rings. The number of hydrogen-bond donors (Lipinski definition) is 1. The maximum absolute atomic E-state index is 8.89. The lowest BCUT2D eigenvalue weighted by Gasteiger charge is -2.09. The van der Waals surface area contributed by atoms with Crippen molar-refractivity contribution in [1.82, 2.24) is 4.98 Å². The lowest BCUT2D eigenvalue weighted by Crippen LogP contribution is -1.97. The Hall–Kier alpha value is -1.80. The van der Waals surface area contributed by atoms with E-state index in [1.807, 2.05) is 12.1 Å². The Morgan fingerprint density at radius 3 is 2.88 bits per heavy atom. The van der Waals surface area contributed by atoms with Crippen LogP contribution in [0.2, 0.25) is 0 Å². The van der Waals surface area contributed by atoms with Crippen LogP contribution in [0.15, 0.2) is 22.8 Å². The van der Waals surface area contributed by atoms with Gasteiger partial charge in [-0.3, -0.25) is 4.98 Å². The molecular weight excluding hydrogens is 270 g/mol. The second kappa shape index (κ2) is 3.99. The largest absolute Gasteiger partial charge is 0.496 e. The Morgan fingerprint density at radius 2 is 2.25 bits per heavy atom. The maximum atomic E-state index is 8.89. The number of ether oxygens (including phenoxy) is 1. The minimum absolute atomic E-state index is 0.351. The normalized spacial score (nSPS) is 10.1. The van der Waals surface area contributed by atoms with E-state index in [-0.39, 0.29) is 0 Å². The van der Waals surface area contributed by atoms with Crippen LogP contribution in [-0.2, 0) is 0 Å². The number of nitrogens with zero attached hydrogens (tertiary/aromatic N) is 2. The van der Waals surface area contributed by atoms with E-state index in [1.54, 1.807) is 13.2 Å². The predicted octanol–water partition coefficient (Wildman–Crippen LogP) is 2.46. The molecule has 0 radical (unpaired) electrons. The van der Waals surface area contributed by atoms with Gasteiger partial charge in [0.25, 0.3) is 0 Å². The summed E-state index contributed by atoms with van der Waals surface area (Å²) < 4.78 is 6.03. The monoisotopic (exact) mass is 277 g/mol. The van der Waals surface area contributed by atoms with Crippen molar-refractivity contribution in [2.45, 2.75) is 0 Å². The van der Waals surface area contributed by atoms with Gasteiger partial charge >= 0.3 is 0 Å². The first-order valence-corrected chi connectivity index (χ1v) is 5.29. The van der Waals surface area contributed by atoms with Gasteiger partial charge in [-0.2, -0.15) is 5.26 Å². The molecule has 2 rings (SSSR count). The SMILES string of the molecule is COc1ccc(Br)c2ncc(C#N)c(N)c12. The molecule has 0 atom stereocenters. The number of hydrogen-bond acceptors (Lipinski definition) is 4. The molecule has 5 heteroatoms. The molecule has 0 fully saturated rings. The zero-order valence-electron chi connectivity index (χ0n) is 8.49. The van der Waals surface area contributed by atoms with Crippen molar-refractivity contribution in [2.24, 2.45) is 0 Å². The molecule has 16 heavy (non-hydrogen) atoms. The third kappa shape index (κ3) is 1.48. The third-order valence-electron chi connectivity index (χ3n) is 2.31. The average molecular weight is 278 g/mol. The fourth-order valence-corrected chi connectivity index (χ4v) is 1.96. The van der Waals surface area contributed by atoms with Crippen molar-refractivity contribution in [2.75, 3.05) is 12.8 Å². The Labute approximate surface area is 101 Å². The van der Waals surface area contributed by atoms with Crippen molar-refractivity contribution in [3.63, 3.8) is 0 Å². The molecule has 2 aromatic rings. The van der Waals surface area contributed by atoms with Gasteiger partial charge in [0.15, 0.2) is 0 Å². The highest BCUT2D eigenvalue weighted by molar-refractivity contribution is 9.10. The number of halogens is 1. The molecule has 0 aliphatic carbocycles. The van der Waals surface area contributed by atoms with Crippen LogP contribution in [0.3, 0.4) is 0 Å². The third-order valence-corrected chi connectivity index (χ3v) is 2.95. The Morgan fingerprint density at radius 1 is 1.50 bits per heavy atom. The molecule has 0 amide bonds. The lowest BCUT2D eigenvalue weighted by atomic mass is 10.1. The zero-order chi connectivity index (χ0) is 11.7. The minimum Gasteiger partial charge on any atom is -0.496 e. The molecule has 0 saturated carbocycles. The molecule has 80 valence electrons. The van der Waals surface area contributed by atoms with Gasteiger partial charge in [-0.15, -0.1) is 0 Å². The van der Waals surface area contributed by atoms with Crippen molar-refractivity contribution in [3.05, 3.63) is 28.4 Å². The van der Waals surface area contributed by atoms with Crippen molar-refractivity contribution in [1.29, 1.82) is 5.26 Å². The fraction of sp³-hybridized carbons (Fsp3) is 0.0909. The summed E-state index contributed by atoms with van der Waals surface area (Å²) in [5.74, 6) is 0.611. The molecule has 1 heterocycles. The summed E-state index contributed by atoms with van der Waals surface area (Å²) >= 11 is 3.38. The van der Waals surface area contributed by atoms with Crippen LogP contribution in [0.25, 0.3) is 10.9 Å². The van der Waals surface area contributed by atoms with Crippen LogP contribution in [0.4, 0.5) is 5.69 Å². The van der Waals surface area contributed by atoms with Crippen LogP contribution in [0, 0.1) is 11.3 Å². The molecule has 1 aromatic heterocycles. The summed E-state index contributed by atoms with van der Waals surface area (Å²) in [4.78, 5) is 4.19. The van der Waals surface area contributed by atoms with Crippen molar-refractivity contribution < 1.29 is 4.74 Å². The van der Waals surface area contributed by atoms with Crippen molar-refractivity contribution in [3.8, 4) is 11.8 Å². The van der Waals surface area contributed by atoms with E-state index in [4.69, 9.17) is 15.7 Å². The first-order chi connectivity index (χ1) is 7.69. The van der Waals surface area contributed by atoms with Crippen LogP contribution in [-0.4, -0.2) is 12.1 Å². The predicted molar refractivity (Wildman–Crippen MR) is 65.1 cm³/mol. The van der Waals surface area contributed by atoms with E-state index in [9.17, 15) is 0 Å². The van der Waals surface area contributed by atoms with Gasteiger partial charge in [-0.25, -0.2) is 0 Å². The summed E-state index contributed by atoms with van der Waals surface area (Å²) in [6.45, 7) is 0. The highest BCUT2D eigenvalue weighted by Crippen LogP contribution is 2.35. The van der Waals surface area contributed by atoms with E-state index >= 15 is 0 Å². The number of anilines is 1. The number of nitrogens with two attached hydrogens (primary N) is 1. The number of nitrogen functional groups attached to an aromatic ring is 1. The number of benzene rings is 1. The van der Waals surface area contributed by atoms with E-state index in [0.29, 0.717) is 27.9 Å². The molecular formula is C11H8BrN3O. The Kier molecular flexibility index (Phi) is 2.67. The van der Waals surface area contributed by atoms with E-state index in [2.05, 4.69) is 20.9 Å². The zero-order valence-corrected chi connectivity index (χ0v) is 10.1. The van der Waals surface area contributed by atoms with Crippen LogP contribution >= 0.6 is 15.9 Å². The quantitative estimate of drug-likeness (QED) is 0.869. The molecule has 0 saturated heterocycles. The van der Waals surface area contributed by atoms with Crippen LogP contribution in [0.5, 0.6) is 5.75 Å². The van der Waals surface area contributed by atoms with Crippen LogP contribution < -0.4 is 10.5 Å². The molecule has 0 bridgehead atoms. The minimum atomic E-state index is 0.351. The summed E-state index contributed by atoms with van der Waals surface area (Å²) in [6.07, 6.45) is 1.46. The topological polar surface area (TPSA) is 71.9 Å². The molecule has 0 spiro atoms. The van der Waals surface area contributed by atoms with Gasteiger partial charge in [0.2, 0.25) is 0 Å². The van der Waals surface area contributed by atoms with Gasteiger partial charge in [0.05, 0.1) is 29.3 Å². The Balaban J connectivity index is 2.96. The highest BCUT2D eigenvalue weighted by atomic mass is 79.9. The summed E-state index contributed by atoms with van der Waals surface area (Å²) in [5, 5.41) is 9.55. The maximum Gasteiger partial charge on any atom is 0.130 e. The summed E-state index contributed by atoms with van der Waals surface area (Å²) in [7, 11) is 1.56. The molecule has 2 N–H and O–H groups in total. The highest BCUT2D eigenvalue weighted by Gasteiger charge is 2.12. The molecule has 4 nitrogen and oxygen atoms in total. The smallest absolute Gasteiger partial charge is 0.130 e. The number of methoxy groups -OCH3 is 1. The average Bonchev–Trinajstić information content (AvgIpc) is 2.31. The number of pyridine rings is 1. The number of fused-ring (bicyclic) bond motifs is 1. The molecule has 0 unspecified atom stereocenters. The van der Waals surface area contributed by atoms with E-state index < -0.39 is 0 Å². The van der Waals surface area contributed by atoms with Gasteiger partial charge in [-0.1, -0.05) is 0 Å². The molecule has 1 aromatic carbocycles. The summed E-state index contributed by atoms with van der Waals surface area (Å²) in [6, 6.07) is 5.62. The van der Waals surface area contributed by atoms with Crippen LogP contribution in [0.1, 0.15) is 5.56 Å². The standard InChI is InChI=1S/C11H8BrN3O/c1-16-8-3-2-7(12)11-9(8)10(14)6(4-13)5-15-11/h2-3,5H,1H3,(H2,14,15). The lowest BCUT2D eigenvalue weighted by molar-refractivity contribution is 0.420. The second-order valence-electron chi connectivity index (χ2n) is 3.17. The first kappa shape index (κ1) is 10.7. The first-order valence-electron chi connectivity index (χ1n) is 4.49. The van der Waals surface area contributed by atoms with E-state index in [0.717, 1.165) is 4.47 Å². The Bertz CT molecular complexity index is 604. The van der Waals surface area contributed by atoms with E-state index in [1.165, 1.54) is 6.20 Å². The number of rotatable bonds is 1. The van der Waals surface area contributed by atoms with Crippen molar-refractivity contribution >= 4 is 32.5 Å². The van der Waals surface area contributed by atoms with Gasteiger partial charge in [-0.05, 0) is 28.1 Å². The summed E-state index contributed by atoms with van der Waals surface area (Å²) in [5.41, 5.74) is 7.35. The fourth-order valence-electron chi connectivity index (χ4n) is 1.53.